The molecule has 0 fully saturated rings. The second kappa shape index (κ2) is 5.08. The summed E-state index contributed by atoms with van der Waals surface area (Å²) in [6.07, 6.45) is 0.816. The van der Waals surface area contributed by atoms with E-state index in [4.69, 9.17) is 0 Å². The number of benzene rings is 2. The number of carbonyl (C=O) groups excluding carboxylic acids is 1. The summed E-state index contributed by atoms with van der Waals surface area (Å²) in [5, 5.41) is 0. The van der Waals surface area contributed by atoms with Crippen LogP contribution in [-0.2, 0) is 13.0 Å². The minimum absolute atomic E-state index is 0.0806. The Morgan fingerprint density at radius 1 is 1.10 bits per heavy atom. The monoisotopic (exact) mass is 269 g/mol. The van der Waals surface area contributed by atoms with Gasteiger partial charge in [-0.25, -0.2) is 4.39 Å². The molecule has 2 aromatic carbocycles. The van der Waals surface area contributed by atoms with Gasteiger partial charge in [0.2, 0.25) is 0 Å². The van der Waals surface area contributed by atoms with Crippen molar-refractivity contribution >= 4 is 5.91 Å². The molecule has 102 valence electrons. The second-order valence-corrected chi connectivity index (χ2v) is 5.23. The molecule has 1 atom stereocenters. The first kappa shape index (κ1) is 12.9. The van der Waals surface area contributed by atoms with E-state index in [0.29, 0.717) is 6.54 Å². The quantitative estimate of drug-likeness (QED) is 0.777. The highest BCUT2D eigenvalue weighted by Gasteiger charge is 2.28. The molecular formula is C17H16FNO. The van der Waals surface area contributed by atoms with Crippen LogP contribution in [0.3, 0.4) is 0 Å². The van der Waals surface area contributed by atoms with Crippen molar-refractivity contribution < 1.29 is 9.18 Å². The highest BCUT2D eigenvalue weighted by molar-refractivity contribution is 5.94. The van der Waals surface area contributed by atoms with Crippen molar-refractivity contribution in [3.8, 4) is 0 Å². The van der Waals surface area contributed by atoms with Crippen LogP contribution in [0.2, 0.25) is 0 Å². The van der Waals surface area contributed by atoms with Crippen LogP contribution in [0.15, 0.2) is 48.5 Å². The van der Waals surface area contributed by atoms with Gasteiger partial charge in [0.05, 0.1) is 5.56 Å². The molecule has 0 radical (unpaired) electrons. The van der Waals surface area contributed by atoms with Crippen LogP contribution in [0.25, 0.3) is 0 Å². The third kappa shape index (κ3) is 2.20. The fourth-order valence-electron chi connectivity index (χ4n) is 2.74. The predicted octanol–water partition coefficient (Wildman–Crippen LogP) is 3.41. The molecule has 2 nitrogen and oxygen atoms in total. The van der Waals surface area contributed by atoms with Crippen molar-refractivity contribution in [3.05, 3.63) is 71.0 Å². The van der Waals surface area contributed by atoms with Crippen LogP contribution < -0.4 is 0 Å². The topological polar surface area (TPSA) is 20.3 Å². The summed E-state index contributed by atoms with van der Waals surface area (Å²) in [7, 11) is 0. The second-order valence-electron chi connectivity index (χ2n) is 5.23. The van der Waals surface area contributed by atoms with Gasteiger partial charge in [0.15, 0.2) is 0 Å². The first-order valence-corrected chi connectivity index (χ1v) is 6.79. The number of rotatable bonds is 1. The summed E-state index contributed by atoms with van der Waals surface area (Å²) < 4.78 is 13.8. The lowest BCUT2D eigenvalue weighted by Crippen LogP contribution is -2.42. The Morgan fingerprint density at radius 3 is 2.50 bits per heavy atom. The number of halogens is 1. The van der Waals surface area contributed by atoms with Crippen molar-refractivity contribution in [2.24, 2.45) is 0 Å². The normalized spacial score (nSPS) is 17.7. The van der Waals surface area contributed by atoms with Gasteiger partial charge in [0.1, 0.15) is 5.82 Å². The molecule has 1 aliphatic rings. The molecule has 0 saturated carbocycles. The van der Waals surface area contributed by atoms with E-state index < -0.39 is 5.82 Å². The molecule has 1 unspecified atom stereocenters. The molecule has 0 saturated heterocycles. The van der Waals surface area contributed by atoms with Gasteiger partial charge >= 0.3 is 0 Å². The van der Waals surface area contributed by atoms with Crippen molar-refractivity contribution in [3.63, 3.8) is 0 Å². The van der Waals surface area contributed by atoms with Gasteiger partial charge in [-0.3, -0.25) is 4.79 Å². The average Bonchev–Trinajstić information content (AvgIpc) is 2.46. The molecule has 0 aliphatic carbocycles. The van der Waals surface area contributed by atoms with Crippen LogP contribution in [-0.4, -0.2) is 16.8 Å². The predicted molar refractivity (Wildman–Crippen MR) is 75.9 cm³/mol. The number of hydrogen-bond donors (Lipinski definition) is 0. The number of fused-ring (bicyclic) bond motifs is 1. The molecule has 0 bridgehead atoms. The van der Waals surface area contributed by atoms with Crippen LogP contribution in [0.5, 0.6) is 0 Å². The Balaban J connectivity index is 1.92. The smallest absolute Gasteiger partial charge is 0.257 e. The van der Waals surface area contributed by atoms with Crippen LogP contribution >= 0.6 is 0 Å². The highest BCUT2D eigenvalue weighted by Crippen LogP contribution is 2.25. The fraction of sp³-hybridized carbons (Fsp3) is 0.235. The number of amides is 1. The van der Waals surface area contributed by atoms with Crippen LogP contribution in [0.1, 0.15) is 28.4 Å². The lowest BCUT2D eigenvalue weighted by atomic mass is 9.94. The van der Waals surface area contributed by atoms with Gasteiger partial charge in [-0.2, -0.15) is 0 Å². The molecule has 3 heteroatoms. The highest BCUT2D eigenvalue weighted by atomic mass is 19.1. The molecule has 20 heavy (non-hydrogen) atoms. The Morgan fingerprint density at radius 2 is 1.75 bits per heavy atom. The molecule has 1 amide bonds. The summed E-state index contributed by atoms with van der Waals surface area (Å²) in [5.41, 5.74) is 2.58. The molecular weight excluding hydrogens is 253 g/mol. The van der Waals surface area contributed by atoms with Gasteiger partial charge in [-0.15, -0.1) is 0 Å². The summed E-state index contributed by atoms with van der Waals surface area (Å²) in [6, 6.07) is 14.4. The van der Waals surface area contributed by atoms with Gasteiger partial charge in [-0.1, -0.05) is 36.4 Å². The van der Waals surface area contributed by atoms with E-state index in [1.54, 1.807) is 23.1 Å². The zero-order valence-electron chi connectivity index (χ0n) is 11.3. The molecule has 0 aromatic heterocycles. The van der Waals surface area contributed by atoms with Crippen molar-refractivity contribution in [1.29, 1.82) is 0 Å². The maximum atomic E-state index is 13.8. The Labute approximate surface area is 117 Å². The Kier molecular flexibility index (Phi) is 3.26. The van der Waals surface area contributed by atoms with E-state index in [-0.39, 0.29) is 17.5 Å². The molecule has 1 aliphatic heterocycles. The lowest BCUT2D eigenvalue weighted by molar-refractivity contribution is 0.0653. The largest absolute Gasteiger partial charge is 0.331 e. The molecule has 3 rings (SSSR count). The molecule has 0 spiro atoms. The van der Waals surface area contributed by atoms with Crippen LogP contribution in [0.4, 0.5) is 4.39 Å². The summed E-state index contributed by atoms with van der Waals surface area (Å²) >= 11 is 0. The van der Waals surface area contributed by atoms with Crippen LogP contribution in [0, 0.1) is 5.82 Å². The summed E-state index contributed by atoms with van der Waals surface area (Å²) in [6.45, 7) is 2.55. The zero-order valence-corrected chi connectivity index (χ0v) is 11.3. The maximum Gasteiger partial charge on any atom is 0.257 e. The number of hydrogen-bond acceptors (Lipinski definition) is 1. The SMILES string of the molecule is CC1Cc2ccccc2CN1C(=O)c1ccccc1F. The van der Waals surface area contributed by atoms with Gasteiger partial charge in [-0.05, 0) is 36.6 Å². The van der Waals surface area contributed by atoms with E-state index in [2.05, 4.69) is 6.07 Å². The third-order valence-electron chi connectivity index (χ3n) is 3.87. The van der Waals surface area contributed by atoms with E-state index in [9.17, 15) is 9.18 Å². The first-order chi connectivity index (χ1) is 9.66. The molecule has 0 N–H and O–H groups in total. The van der Waals surface area contributed by atoms with E-state index in [1.165, 1.54) is 11.6 Å². The van der Waals surface area contributed by atoms with Crippen molar-refractivity contribution in [2.45, 2.75) is 25.9 Å². The van der Waals surface area contributed by atoms with Gasteiger partial charge in [0.25, 0.3) is 5.91 Å². The first-order valence-electron chi connectivity index (χ1n) is 6.79. The van der Waals surface area contributed by atoms with E-state index >= 15 is 0 Å². The summed E-state index contributed by atoms with van der Waals surface area (Å²) in [5.74, 6) is -0.686. The third-order valence-corrected chi connectivity index (χ3v) is 3.87. The minimum Gasteiger partial charge on any atom is -0.331 e. The number of nitrogens with zero attached hydrogens (tertiary/aromatic N) is 1. The molecule has 2 aromatic rings. The fourth-order valence-corrected chi connectivity index (χ4v) is 2.74. The summed E-state index contributed by atoms with van der Waals surface area (Å²) in [4.78, 5) is 14.3. The van der Waals surface area contributed by atoms with Crippen molar-refractivity contribution in [1.82, 2.24) is 4.90 Å². The van der Waals surface area contributed by atoms with E-state index in [1.807, 2.05) is 25.1 Å². The Bertz CT molecular complexity index is 653. The van der Waals surface area contributed by atoms with Gasteiger partial charge < -0.3 is 4.90 Å². The minimum atomic E-state index is -0.455. The lowest BCUT2D eigenvalue weighted by Gasteiger charge is -2.35. The zero-order chi connectivity index (χ0) is 14.1. The maximum absolute atomic E-state index is 13.8. The van der Waals surface area contributed by atoms with E-state index in [0.717, 1.165) is 12.0 Å². The Hall–Kier alpha value is -2.16. The number of carbonyl (C=O) groups is 1. The average molecular weight is 269 g/mol. The van der Waals surface area contributed by atoms with Crippen molar-refractivity contribution in [2.75, 3.05) is 0 Å². The molecule has 1 heterocycles. The standard InChI is InChI=1S/C17H16FNO/c1-12-10-13-6-2-3-7-14(13)11-19(12)17(20)15-8-4-5-9-16(15)18/h2-9,12H,10-11H2,1H3. The van der Waals surface area contributed by atoms with Gasteiger partial charge in [0, 0.05) is 12.6 Å².